The molecule has 4 rings (SSSR count). The lowest BCUT2D eigenvalue weighted by molar-refractivity contribution is -0.120. The number of rotatable bonds is 9. The number of fused-ring (bicyclic) bond motifs is 1. The van der Waals surface area contributed by atoms with Gasteiger partial charge in [-0.3, -0.25) is 14.4 Å². The molecule has 2 amide bonds. The molecule has 10 heteroatoms. The molecule has 0 spiro atoms. The van der Waals surface area contributed by atoms with E-state index in [1.807, 2.05) is 38.1 Å². The van der Waals surface area contributed by atoms with Gasteiger partial charge < -0.3 is 25.5 Å². The van der Waals surface area contributed by atoms with E-state index in [9.17, 15) is 14.4 Å². The van der Waals surface area contributed by atoms with Gasteiger partial charge in [-0.1, -0.05) is 42.1 Å². The molecule has 1 aliphatic heterocycles. The Morgan fingerprint density at radius 3 is 2.71 bits per heavy atom. The third-order valence-corrected chi connectivity index (χ3v) is 6.52. The zero-order valence-corrected chi connectivity index (χ0v) is 20.2. The van der Waals surface area contributed by atoms with E-state index in [2.05, 4.69) is 15.3 Å². The first-order chi connectivity index (χ1) is 16.9. The summed E-state index contributed by atoms with van der Waals surface area (Å²) in [5.41, 5.74) is 8.25. The van der Waals surface area contributed by atoms with Gasteiger partial charge in [-0.25, -0.2) is 4.98 Å². The number of thioether (sulfide) groups is 1. The van der Waals surface area contributed by atoms with Crippen LogP contribution < -0.4 is 26.1 Å². The Kier molecular flexibility index (Phi) is 7.40. The van der Waals surface area contributed by atoms with Gasteiger partial charge >= 0.3 is 0 Å². The molecular weight excluding hydrogens is 468 g/mol. The third-order valence-electron chi connectivity index (χ3n) is 5.59. The lowest BCUT2D eigenvalue weighted by Crippen LogP contribution is -2.31. The number of aromatic amines is 1. The Hall–Kier alpha value is -3.79. The quantitative estimate of drug-likeness (QED) is 0.307. The highest BCUT2D eigenvalue weighted by molar-refractivity contribution is 7.98. The van der Waals surface area contributed by atoms with Crippen LogP contribution in [0.2, 0.25) is 0 Å². The molecule has 2 heterocycles. The second kappa shape index (κ2) is 10.6. The number of primary amides is 1. The minimum atomic E-state index is -0.608. The molecular formula is C25H26N4O5S. The number of hydrogen-bond acceptors (Lipinski definition) is 7. The molecule has 3 aromatic rings. The first kappa shape index (κ1) is 24.3. The van der Waals surface area contributed by atoms with E-state index >= 15 is 0 Å². The Bertz CT molecular complexity index is 1320. The molecule has 0 aliphatic carbocycles. The number of anilines is 1. The molecule has 4 N–H and O–H groups in total. The highest BCUT2D eigenvalue weighted by Gasteiger charge is 2.31. The SMILES string of the molecule is CCOc1cc([C@H]2CC(=O)Nc3nc(SCc4ccccc4C)[nH]c(=O)c32)ccc1OCC(N)=O. The Morgan fingerprint density at radius 1 is 1.17 bits per heavy atom. The van der Waals surface area contributed by atoms with E-state index in [1.54, 1.807) is 18.2 Å². The van der Waals surface area contributed by atoms with Crippen molar-refractivity contribution in [2.24, 2.45) is 5.73 Å². The van der Waals surface area contributed by atoms with Gasteiger partial charge in [0, 0.05) is 18.1 Å². The molecule has 0 saturated carbocycles. The van der Waals surface area contributed by atoms with Gasteiger partial charge in [-0.2, -0.15) is 0 Å². The molecule has 0 fully saturated rings. The van der Waals surface area contributed by atoms with Crippen molar-refractivity contribution in [1.29, 1.82) is 0 Å². The van der Waals surface area contributed by atoms with Crippen molar-refractivity contribution in [3.8, 4) is 11.5 Å². The second-order valence-corrected chi connectivity index (χ2v) is 9.01. The summed E-state index contributed by atoms with van der Waals surface area (Å²) >= 11 is 1.40. The van der Waals surface area contributed by atoms with Crippen LogP contribution in [0.3, 0.4) is 0 Å². The van der Waals surface area contributed by atoms with Gasteiger partial charge in [-0.05, 0) is 42.7 Å². The summed E-state index contributed by atoms with van der Waals surface area (Å²) in [4.78, 5) is 44.2. The molecule has 0 radical (unpaired) electrons. The molecule has 9 nitrogen and oxygen atoms in total. The van der Waals surface area contributed by atoms with E-state index in [-0.39, 0.29) is 30.3 Å². The lowest BCUT2D eigenvalue weighted by atomic mass is 9.86. The number of carbonyl (C=O) groups is 2. The predicted molar refractivity (Wildman–Crippen MR) is 133 cm³/mol. The molecule has 1 aliphatic rings. The van der Waals surface area contributed by atoms with Gasteiger partial charge in [0.05, 0.1) is 12.2 Å². The highest BCUT2D eigenvalue weighted by Crippen LogP contribution is 2.38. The van der Waals surface area contributed by atoms with Crippen LogP contribution in [0.4, 0.5) is 5.82 Å². The van der Waals surface area contributed by atoms with Crippen LogP contribution in [0.5, 0.6) is 11.5 Å². The molecule has 1 aromatic heterocycles. The standard InChI is InChI=1S/C25H26N4O5S/c1-3-33-19-10-15(8-9-18(19)34-12-20(26)30)17-11-21(31)27-23-22(17)24(32)29-25(28-23)35-13-16-7-5-4-6-14(16)2/h4-10,17H,3,11-13H2,1-2H3,(H2,26,30)(H2,27,28,29,31,32)/t17-/m1/s1. The summed E-state index contributed by atoms with van der Waals surface area (Å²) in [5, 5.41) is 3.18. The molecule has 0 bridgehead atoms. The van der Waals surface area contributed by atoms with Crippen LogP contribution in [0.1, 0.15) is 41.5 Å². The summed E-state index contributed by atoms with van der Waals surface area (Å²) in [6.45, 7) is 3.92. The van der Waals surface area contributed by atoms with Crippen LogP contribution in [-0.4, -0.2) is 35.0 Å². The molecule has 182 valence electrons. The Morgan fingerprint density at radius 2 is 1.97 bits per heavy atom. The maximum atomic E-state index is 13.1. The third kappa shape index (κ3) is 5.65. The van der Waals surface area contributed by atoms with E-state index in [0.29, 0.717) is 40.1 Å². The van der Waals surface area contributed by atoms with Crippen LogP contribution in [-0.2, 0) is 15.3 Å². The number of nitrogens with two attached hydrogens (primary N) is 1. The van der Waals surface area contributed by atoms with Crippen molar-refractivity contribution in [2.75, 3.05) is 18.5 Å². The molecule has 2 aromatic carbocycles. The number of H-pyrrole nitrogens is 1. The number of nitrogens with zero attached hydrogens (tertiary/aromatic N) is 1. The summed E-state index contributed by atoms with van der Waals surface area (Å²) in [5.74, 6) is 0.282. The van der Waals surface area contributed by atoms with Crippen LogP contribution in [0.15, 0.2) is 52.4 Å². The second-order valence-electron chi connectivity index (χ2n) is 8.05. The fourth-order valence-corrected chi connectivity index (χ4v) is 4.84. The van der Waals surface area contributed by atoms with Crippen LogP contribution >= 0.6 is 11.8 Å². The summed E-state index contributed by atoms with van der Waals surface area (Å²) in [6, 6.07) is 13.1. The fourth-order valence-electron chi connectivity index (χ4n) is 3.90. The van der Waals surface area contributed by atoms with Crippen molar-refractivity contribution in [1.82, 2.24) is 9.97 Å². The van der Waals surface area contributed by atoms with Crippen molar-refractivity contribution < 1.29 is 19.1 Å². The average molecular weight is 495 g/mol. The first-order valence-electron chi connectivity index (χ1n) is 11.1. The Labute approximate surface area is 206 Å². The number of ether oxygens (including phenoxy) is 2. The fraction of sp³-hybridized carbons (Fsp3) is 0.280. The topological polar surface area (TPSA) is 136 Å². The minimum Gasteiger partial charge on any atom is -0.490 e. The summed E-state index contributed by atoms with van der Waals surface area (Å²) in [6.07, 6.45) is 0.0838. The maximum absolute atomic E-state index is 13.1. The van der Waals surface area contributed by atoms with E-state index in [4.69, 9.17) is 15.2 Å². The van der Waals surface area contributed by atoms with Gasteiger partial charge in [-0.15, -0.1) is 0 Å². The number of aryl methyl sites for hydroxylation is 1. The van der Waals surface area contributed by atoms with Crippen molar-refractivity contribution in [2.45, 2.75) is 37.1 Å². The summed E-state index contributed by atoms with van der Waals surface area (Å²) < 4.78 is 11.1. The van der Waals surface area contributed by atoms with Gasteiger partial charge in [0.25, 0.3) is 11.5 Å². The number of carbonyl (C=O) groups excluding carboxylic acids is 2. The van der Waals surface area contributed by atoms with E-state index < -0.39 is 11.8 Å². The predicted octanol–water partition coefficient (Wildman–Crippen LogP) is 3.11. The van der Waals surface area contributed by atoms with Gasteiger partial charge in [0.1, 0.15) is 5.82 Å². The van der Waals surface area contributed by atoms with Crippen LogP contribution in [0, 0.1) is 6.92 Å². The summed E-state index contributed by atoms with van der Waals surface area (Å²) in [7, 11) is 0. The monoisotopic (exact) mass is 494 g/mol. The van der Waals surface area contributed by atoms with Crippen molar-refractivity contribution in [3.63, 3.8) is 0 Å². The largest absolute Gasteiger partial charge is 0.490 e. The zero-order chi connectivity index (χ0) is 24.9. The molecule has 1 atom stereocenters. The smallest absolute Gasteiger partial charge is 0.257 e. The van der Waals surface area contributed by atoms with Crippen molar-refractivity contribution in [3.05, 3.63) is 75.1 Å². The first-order valence-corrected chi connectivity index (χ1v) is 12.1. The average Bonchev–Trinajstić information content (AvgIpc) is 2.82. The minimum absolute atomic E-state index is 0.0838. The van der Waals surface area contributed by atoms with Crippen LogP contribution in [0.25, 0.3) is 0 Å². The van der Waals surface area contributed by atoms with Crippen molar-refractivity contribution >= 4 is 29.4 Å². The highest BCUT2D eigenvalue weighted by atomic mass is 32.2. The van der Waals surface area contributed by atoms with Gasteiger partial charge in [0.2, 0.25) is 5.91 Å². The van der Waals surface area contributed by atoms with E-state index in [0.717, 1.165) is 11.1 Å². The number of benzene rings is 2. The van der Waals surface area contributed by atoms with Gasteiger partial charge in [0.15, 0.2) is 23.3 Å². The number of aromatic nitrogens is 2. The Balaban J connectivity index is 1.64. The normalized spacial score (nSPS) is 14.7. The van der Waals surface area contributed by atoms with E-state index in [1.165, 1.54) is 11.8 Å². The zero-order valence-electron chi connectivity index (χ0n) is 19.4. The lowest BCUT2D eigenvalue weighted by Gasteiger charge is -2.25. The molecule has 35 heavy (non-hydrogen) atoms. The maximum Gasteiger partial charge on any atom is 0.257 e. The number of nitrogens with one attached hydrogen (secondary N) is 2. The number of hydrogen-bond donors (Lipinski definition) is 3. The number of amides is 2. The molecule has 0 saturated heterocycles. The molecule has 0 unspecified atom stereocenters.